The number of hydrogen-bond donors (Lipinski definition) is 3. The molecular weight excluding hydrogens is 492 g/mol. The van der Waals surface area contributed by atoms with Crippen molar-refractivity contribution in [3.05, 3.63) is 53.3 Å². The van der Waals surface area contributed by atoms with Gasteiger partial charge in [0.1, 0.15) is 11.9 Å². The highest BCUT2D eigenvalue weighted by molar-refractivity contribution is 6.07. The monoisotopic (exact) mass is 532 g/mol. The number of aromatic nitrogens is 3. The minimum absolute atomic E-state index is 0.369. The zero-order valence-electron chi connectivity index (χ0n) is 23.0. The minimum atomic E-state index is -1.01. The maximum absolute atomic E-state index is 13.1. The molecule has 0 unspecified atom stereocenters. The van der Waals surface area contributed by atoms with Gasteiger partial charge in [0, 0.05) is 37.3 Å². The normalized spacial score (nSPS) is 18.2. The van der Waals surface area contributed by atoms with Crippen molar-refractivity contribution < 1.29 is 14.7 Å². The van der Waals surface area contributed by atoms with Gasteiger partial charge in [-0.1, -0.05) is 26.0 Å². The third-order valence-electron chi connectivity index (χ3n) is 7.94. The van der Waals surface area contributed by atoms with Gasteiger partial charge in [0.15, 0.2) is 0 Å². The number of aliphatic carboxylic acids is 1. The number of carbonyl (C=O) groups excluding carboxylic acids is 1. The topological polar surface area (TPSA) is 112 Å². The maximum Gasteiger partial charge on any atom is 0.326 e. The molecule has 0 radical (unpaired) electrons. The number of carboxylic acids is 1. The highest BCUT2D eigenvalue weighted by Gasteiger charge is 2.27. The summed E-state index contributed by atoms with van der Waals surface area (Å²) in [5.41, 5.74) is 3.80. The second-order valence-corrected chi connectivity index (χ2v) is 11.4. The van der Waals surface area contributed by atoms with E-state index in [-0.39, 0.29) is 5.91 Å². The van der Waals surface area contributed by atoms with E-state index in [0.717, 1.165) is 74.3 Å². The highest BCUT2D eigenvalue weighted by Crippen LogP contribution is 2.25. The van der Waals surface area contributed by atoms with Gasteiger partial charge in [-0.15, -0.1) is 0 Å². The number of rotatable bonds is 11. The second-order valence-electron chi connectivity index (χ2n) is 11.4. The molecule has 9 heteroatoms. The molecule has 2 atom stereocenters. The molecular formula is C30H40N6O3. The molecule has 2 aromatic heterocycles. The largest absolute Gasteiger partial charge is 0.480 e. The smallest absolute Gasteiger partial charge is 0.326 e. The van der Waals surface area contributed by atoms with E-state index < -0.39 is 12.0 Å². The zero-order chi connectivity index (χ0) is 27.4. The summed E-state index contributed by atoms with van der Waals surface area (Å²) in [6.07, 6.45) is 7.48. The van der Waals surface area contributed by atoms with Crippen molar-refractivity contribution in [2.45, 2.75) is 65.0 Å². The number of nitrogens with zero attached hydrogens (tertiary/aromatic N) is 4. The highest BCUT2D eigenvalue weighted by atomic mass is 16.4. The van der Waals surface area contributed by atoms with Crippen molar-refractivity contribution in [2.75, 3.05) is 31.5 Å². The summed E-state index contributed by atoms with van der Waals surface area (Å²) in [6, 6.07) is 8.93. The van der Waals surface area contributed by atoms with Gasteiger partial charge in [-0.05, 0) is 80.7 Å². The minimum Gasteiger partial charge on any atom is -0.480 e. The molecule has 1 saturated heterocycles. The Kier molecular flexibility index (Phi) is 8.45. The summed E-state index contributed by atoms with van der Waals surface area (Å²) < 4.78 is 1.90. The molecule has 9 nitrogen and oxygen atoms in total. The molecule has 2 aliphatic heterocycles. The van der Waals surface area contributed by atoms with Gasteiger partial charge in [-0.3, -0.25) is 9.48 Å². The average Bonchev–Trinajstić information content (AvgIpc) is 3.56. The summed E-state index contributed by atoms with van der Waals surface area (Å²) in [5, 5.41) is 21.2. The van der Waals surface area contributed by atoms with E-state index in [1.54, 1.807) is 12.3 Å². The van der Waals surface area contributed by atoms with Gasteiger partial charge in [-0.2, -0.15) is 5.10 Å². The van der Waals surface area contributed by atoms with Crippen LogP contribution in [-0.4, -0.2) is 68.9 Å². The lowest BCUT2D eigenvalue weighted by atomic mass is 10.00. The van der Waals surface area contributed by atoms with Crippen LogP contribution in [0.3, 0.4) is 0 Å². The van der Waals surface area contributed by atoms with Crippen molar-refractivity contribution in [3.63, 3.8) is 0 Å². The van der Waals surface area contributed by atoms with Crippen LogP contribution in [0.15, 0.2) is 36.5 Å². The molecule has 0 saturated carbocycles. The molecule has 3 aromatic rings. The van der Waals surface area contributed by atoms with Crippen LogP contribution >= 0.6 is 0 Å². The summed E-state index contributed by atoms with van der Waals surface area (Å²) in [6.45, 7) is 8.55. The average molecular weight is 533 g/mol. The third-order valence-corrected chi connectivity index (χ3v) is 7.94. The van der Waals surface area contributed by atoms with Gasteiger partial charge >= 0.3 is 5.97 Å². The Morgan fingerprint density at radius 2 is 2.10 bits per heavy atom. The first-order chi connectivity index (χ1) is 18.9. The Labute approximate surface area is 230 Å². The fraction of sp³-hybridized carbons (Fsp3) is 0.533. The van der Waals surface area contributed by atoms with E-state index in [1.807, 2.05) is 16.8 Å². The Morgan fingerprint density at radius 1 is 1.23 bits per heavy atom. The van der Waals surface area contributed by atoms with Crippen LogP contribution in [0.4, 0.5) is 5.82 Å². The van der Waals surface area contributed by atoms with E-state index >= 15 is 0 Å². The Balaban J connectivity index is 1.12. The quantitative estimate of drug-likeness (QED) is 0.343. The fourth-order valence-corrected chi connectivity index (χ4v) is 5.81. The lowest BCUT2D eigenvalue weighted by Gasteiger charge is -2.20. The van der Waals surface area contributed by atoms with E-state index in [0.29, 0.717) is 30.4 Å². The summed E-state index contributed by atoms with van der Waals surface area (Å²) in [4.78, 5) is 32.3. The molecule has 5 rings (SSSR count). The van der Waals surface area contributed by atoms with Gasteiger partial charge in [0.25, 0.3) is 5.91 Å². The molecule has 4 heterocycles. The Hall–Kier alpha value is -3.46. The second kappa shape index (κ2) is 12.2. The van der Waals surface area contributed by atoms with Gasteiger partial charge in [0.2, 0.25) is 0 Å². The standard InChI is InChI=1S/C30H40N6O3/c1-20(2)18-36-27-7-3-6-24(25(27)17-32-36)29(37)34-26(30(38)39)13-16-35-15-12-21(19-35)8-10-23-11-9-22-5-4-14-31-28(22)33-23/h3,6-7,9,11,17,20-21,26H,4-5,8,10,12-16,18-19H2,1-2H3,(H,31,33)(H,34,37)(H,38,39)/t21-,26+/m1/s1. The van der Waals surface area contributed by atoms with E-state index in [1.165, 1.54) is 12.0 Å². The van der Waals surface area contributed by atoms with Gasteiger partial charge < -0.3 is 20.6 Å². The van der Waals surface area contributed by atoms with Crippen LogP contribution in [0.1, 0.15) is 61.1 Å². The van der Waals surface area contributed by atoms with Crippen LogP contribution in [0.2, 0.25) is 0 Å². The number of likely N-dealkylation sites (tertiary alicyclic amines) is 1. The molecule has 39 heavy (non-hydrogen) atoms. The number of carboxylic acid groups (broad SMARTS) is 1. The van der Waals surface area contributed by atoms with Crippen LogP contribution < -0.4 is 10.6 Å². The fourth-order valence-electron chi connectivity index (χ4n) is 5.81. The van der Waals surface area contributed by atoms with Crippen LogP contribution in [0.5, 0.6) is 0 Å². The Morgan fingerprint density at radius 3 is 2.92 bits per heavy atom. The van der Waals surface area contributed by atoms with E-state index in [4.69, 9.17) is 4.98 Å². The number of nitrogens with one attached hydrogen (secondary N) is 2. The summed E-state index contributed by atoms with van der Waals surface area (Å²) in [7, 11) is 0. The molecule has 0 spiro atoms. The number of amides is 1. The molecule has 2 aliphatic rings. The number of aryl methyl sites for hydroxylation is 2. The number of benzene rings is 1. The molecule has 1 aromatic carbocycles. The van der Waals surface area contributed by atoms with Crippen LogP contribution in [0.25, 0.3) is 10.9 Å². The molecule has 208 valence electrons. The SMILES string of the molecule is CC(C)Cn1ncc2c(C(=O)N[C@@H](CCN3CC[C@@H](CCc4ccc5c(n4)NCCC5)C3)C(=O)O)cccc21. The number of pyridine rings is 1. The van der Waals surface area contributed by atoms with Gasteiger partial charge in [-0.25, -0.2) is 9.78 Å². The maximum atomic E-state index is 13.1. The Bertz CT molecular complexity index is 1320. The van der Waals surface area contributed by atoms with Crippen molar-refractivity contribution in [1.82, 2.24) is 25.0 Å². The van der Waals surface area contributed by atoms with Crippen molar-refractivity contribution in [3.8, 4) is 0 Å². The molecule has 0 aliphatic carbocycles. The molecule has 3 N–H and O–H groups in total. The molecule has 1 fully saturated rings. The third kappa shape index (κ3) is 6.58. The van der Waals surface area contributed by atoms with Crippen molar-refractivity contribution in [2.24, 2.45) is 11.8 Å². The summed E-state index contributed by atoms with van der Waals surface area (Å²) in [5.74, 6) is 0.671. The predicted molar refractivity (Wildman–Crippen MR) is 152 cm³/mol. The lowest BCUT2D eigenvalue weighted by molar-refractivity contribution is -0.139. The lowest BCUT2D eigenvalue weighted by Crippen LogP contribution is -2.43. The van der Waals surface area contributed by atoms with E-state index in [9.17, 15) is 14.7 Å². The predicted octanol–water partition coefficient (Wildman–Crippen LogP) is 3.97. The zero-order valence-corrected chi connectivity index (χ0v) is 23.0. The van der Waals surface area contributed by atoms with Crippen LogP contribution in [-0.2, 0) is 24.2 Å². The molecule has 1 amide bonds. The number of carbonyl (C=O) groups is 2. The van der Waals surface area contributed by atoms with Crippen molar-refractivity contribution in [1.29, 1.82) is 0 Å². The van der Waals surface area contributed by atoms with Crippen LogP contribution in [0, 0.1) is 11.8 Å². The number of anilines is 1. The molecule has 0 bridgehead atoms. The number of fused-ring (bicyclic) bond motifs is 2. The first kappa shape index (κ1) is 27.1. The first-order valence-electron chi connectivity index (χ1n) is 14.3. The number of hydrogen-bond acceptors (Lipinski definition) is 6. The summed E-state index contributed by atoms with van der Waals surface area (Å²) >= 11 is 0. The van der Waals surface area contributed by atoms with Gasteiger partial charge in [0.05, 0.1) is 17.3 Å². The van der Waals surface area contributed by atoms with Crippen molar-refractivity contribution >= 4 is 28.6 Å². The van der Waals surface area contributed by atoms with E-state index in [2.05, 4.69) is 46.6 Å². The first-order valence-corrected chi connectivity index (χ1v) is 14.3.